The van der Waals surface area contributed by atoms with E-state index in [1.54, 1.807) is 18.2 Å². The summed E-state index contributed by atoms with van der Waals surface area (Å²) in [6, 6.07) is 6.58. The van der Waals surface area contributed by atoms with E-state index in [0.717, 1.165) is 31.4 Å². The van der Waals surface area contributed by atoms with Crippen molar-refractivity contribution in [1.29, 1.82) is 0 Å². The quantitative estimate of drug-likeness (QED) is 0.390. The lowest BCUT2D eigenvalue weighted by Gasteiger charge is -2.43. The van der Waals surface area contributed by atoms with Crippen molar-refractivity contribution in [2.45, 2.75) is 51.9 Å². The number of nitrogens with zero attached hydrogens (tertiary/aromatic N) is 1. The number of benzene rings is 1. The number of nitro groups is 1. The van der Waals surface area contributed by atoms with E-state index in [1.807, 2.05) is 19.9 Å². The molecule has 2 aliphatic heterocycles. The van der Waals surface area contributed by atoms with Gasteiger partial charge in [-0.2, -0.15) is 0 Å². The highest BCUT2D eigenvalue weighted by Gasteiger charge is 2.48. The first-order chi connectivity index (χ1) is 13.8. The van der Waals surface area contributed by atoms with Crippen molar-refractivity contribution in [2.24, 2.45) is 5.41 Å². The van der Waals surface area contributed by atoms with Gasteiger partial charge in [0, 0.05) is 34.4 Å². The van der Waals surface area contributed by atoms with Crippen molar-refractivity contribution in [3.63, 3.8) is 0 Å². The molecule has 1 aromatic carbocycles. The maximum absolute atomic E-state index is 13.9. The van der Waals surface area contributed by atoms with Crippen molar-refractivity contribution in [3.05, 3.63) is 62.7 Å². The van der Waals surface area contributed by atoms with Crippen LogP contribution >= 0.6 is 7.60 Å². The van der Waals surface area contributed by atoms with Gasteiger partial charge in [-0.15, -0.1) is 0 Å². The van der Waals surface area contributed by atoms with E-state index < -0.39 is 18.4 Å². The molecule has 1 saturated heterocycles. The molecule has 8 heteroatoms. The Bertz CT molecular complexity index is 919. The summed E-state index contributed by atoms with van der Waals surface area (Å²) in [5.74, 6) is -0.538. The Morgan fingerprint density at radius 3 is 2.45 bits per heavy atom. The molecule has 1 unspecified atom stereocenters. The number of nitrogens with one attached hydrogen (secondary N) is 1. The first-order valence-corrected chi connectivity index (χ1v) is 11.7. The second-order valence-corrected chi connectivity index (χ2v) is 10.4. The van der Waals surface area contributed by atoms with Crippen LogP contribution in [0.25, 0.3) is 0 Å². The maximum Gasteiger partial charge on any atom is 0.360 e. The van der Waals surface area contributed by atoms with Crippen molar-refractivity contribution >= 4 is 13.3 Å². The fraction of sp³-hybridized carbons (Fsp3) is 0.524. The van der Waals surface area contributed by atoms with E-state index in [9.17, 15) is 14.7 Å². The van der Waals surface area contributed by atoms with Crippen molar-refractivity contribution in [2.75, 3.05) is 13.2 Å². The third-order valence-electron chi connectivity index (χ3n) is 6.24. The molecule has 1 saturated carbocycles. The van der Waals surface area contributed by atoms with Gasteiger partial charge in [-0.25, -0.2) is 0 Å². The largest absolute Gasteiger partial charge is 0.362 e. The predicted octanol–water partition coefficient (Wildman–Crippen LogP) is 5.61. The zero-order chi connectivity index (χ0) is 20.6. The highest BCUT2D eigenvalue weighted by molar-refractivity contribution is 7.58. The lowest BCUT2D eigenvalue weighted by atomic mass is 9.75. The van der Waals surface area contributed by atoms with Crippen LogP contribution in [0.15, 0.2) is 47.0 Å². The highest BCUT2D eigenvalue weighted by atomic mass is 31.2. The minimum atomic E-state index is -3.59. The van der Waals surface area contributed by atoms with Crippen LogP contribution in [0.2, 0.25) is 0 Å². The normalized spacial score (nSPS) is 26.0. The molecule has 1 aliphatic carbocycles. The van der Waals surface area contributed by atoms with Gasteiger partial charge in [0.2, 0.25) is 0 Å². The molecule has 29 heavy (non-hydrogen) atoms. The van der Waals surface area contributed by atoms with Gasteiger partial charge in [-0.1, -0.05) is 43.5 Å². The number of hydrogen-bond acceptors (Lipinski definition) is 6. The van der Waals surface area contributed by atoms with Gasteiger partial charge in [0.05, 0.1) is 23.5 Å². The van der Waals surface area contributed by atoms with Crippen LogP contribution in [0.1, 0.15) is 57.4 Å². The summed E-state index contributed by atoms with van der Waals surface area (Å²) in [6.45, 7) is 4.53. The number of allylic oxidation sites excluding steroid dienone is 4. The summed E-state index contributed by atoms with van der Waals surface area (Å²) in [6.07, 6.45) is 7.41. The standard InChI is InChI=1S/C21H27N2O5P/c1-15-12-18(17-8-4-5-9-19(17)23(24)25)20(16(2)22-15)29(26)27-13-21(14-28-29)10-6-3-7-11-21/h4-5,8-9,12,18,22H,3,6-7,10-11,13-14H2,1-2H3. The fourth-order valence-electron chi connectivity index (χ4n) is 4.75. The van der Waals surface area contributed by atoms with Crippen LogP contribution in [0.5, 0.6) is 0 Å². The van der Waals surface area contributed by atoms with Gasteiger partial charge in [0.25, 0.3) is 5.69 Å². The molecule has 1 N–H and O–H groups in total. The maximum atomic E-state index is 13.9. The van der Waals surface area contributed by atoms with Crippen molar-refractivity contribution in [1.82, 2.24) is 5.32 Å². The minimum Gasteiger partial charge on any atom is -0.362 e. The Hall–Kier alpha value is -1.95. The zero-order valence-electron chi connectivity index (χ0n) is 16.8. The van der Waals surface area contributed by atoms with E-state index in [-0.39, 0.29) is 11.1 Å². The second-order valence-electron chi connectivity index (χ2n) is 8.38. The molecule has 1 atom stereocenters. The molecule has 2 fully saturated rings. The summed E-state index contributed by atoms with van der Waals surface area (Å²) in [7, 11) is -3.59. The van der Waals surface area contributed by atoms with Crippen LogP contribution in [0.3, 0.4) is 0 Å². The molecule has 7 nitrogen and oxygen atoms in total. The van der Waals surface area contributed by atoms with E-state index in [4.69, 9.17) is 9.05 Å². The number of rotatable bonds is 3. The molecule has 156 valence electrons. The minimum absolute atomic E-state index is 0.00103. The molecule has 0 amide bonds. The summed E-state index contributed by atoms with van der Waals surface area (Å²) in [5.41, 5.74) is 1.97. The van der Waals surface area contributed by atoms with E-state index >= 15 is 0 Å². The molecular formula is C21H27N2O5P. The van der Waals surface area contributed by atoms with Gasteiger partial charge in [-0.3, -0.25) is 14.7 Å². The van der Waals surface area contributed by atoms with Crippen LogP contribution in [-0.4, -0.2) is 18.1 Å². The topological polar surface area (TPSA) is 90.7 Å². The predicted molar refractivity (Wildman–Crippen MR) is 110 cm³/mol. The van der Waals surface area contributed by atoms with Crippen LogP contribution in [-0.2, 0) is 13.6 Å². The molecule has 0 aromatic heterocycles. The van der Waals surface area contributed by atoms with Gasteiger partial charge < -0.3 is 14.4 Å². The summed E-state index contributed by atoms with van der Waals surface area (Å²) in [5, 5.41) is 15.3. The lowest BCUT2D eigenvalue weighted by molar-refractivity contribution is -0.385. The summed E-state index contributed by atoms with van der Waals surface area (Å²) < 4.78 is 25.8. The Labute approximate surface area is 170 Å². The molecule has 3 aliphatic rings. The third kappa shape index (κ3) is 3.79. The first-order valence-electron chi connectivity index (χ1n) is 10.1. The Kier molecular flexibility index (Phi) is 5.40. The molecule has 2 heterocycles. The van der Waals surface area contributed by atoms with E-state index in [0.29, 0.717) is 29.8 Å². The molecule has 1 aromatic rings. The van der Waals surface area contributed by atoms with Gasteiger partial charge in [-0.05, 0) is 26.7 Å². The van der Waals surface area contributed by atoms with E-state index in [1.165, 1.54) is 12.5 Å². The average molecular weight is 418 g/mol. The first kappa shape index (κ1) is 20.3. The molecule has 0 bridgehead atoms. The van der Waals surface area contributed by atoms with Crippen molar-refractivity contribution < 1.29 is 18.5 Å². The number of hydrogen-bond donors (Lipinski definition) is 1. The van der Waals surface area contributed by atoms with Crippen LogP contribution < -0.4 is 5.32 Å². The Balaban J connectivity index is 1.71. The zero-order valence-corrected chi connectivity index (χ0v) is 17.7. The fourth-order valence-corrected chi connectivity index (χ4v) is 7.01. The van der Waals surface area contributed by atoms with Gasteiger partial charge in [0.15, 0.2) is 0 Å². The molecule has 1 spiro atoms. The van der Waals surface area contributed by atoms with E-state index in [2.05, 4.69) is 5.32 Å². The lowest BCUT2D eigenvalue weighted by Crippen LogP contribution is -2.38. The van der Waals surface area contributed by atoms with Gasteiger partial charge >= 0.3 is 7.60 Å². The average Bonchev–Trinajstić information content (AvgIpc) is 2.70. The number of dihydropyridines is 1. The second kappa shape index (κ2) is 7.71. The summed E-state index contributed by atoms with van der Waals surface area (Å²) in [4.78, 5) is 11.2. The smallest absolute Gasteiger partial charge is 0.360 e. The Morgan fingerprint density at radius 1 is 1.14 bits per heavy atom. The Morgan fingerprint density at radius 2 is 1.79 bits per heavy atom. The van der Waals surface area contributed by atoms with Crippen molar-refractivity contribution in [3.8, 4) is 0 Å². The highest BCUT2D eigenvalue weighted by Crippen LogP contribution is 2.66. The summed E-state index contributed by atoms with van der Waals surface area (Å²) >= 11 is 0. The van der Waals surface area contributed by atoms with Crippen LogP contribution in [0.4, 0.5) is 5.69 Å². The van der Waals surface area contributed by atoms with Gasteiger partial charge in [0.1, 0.15) is 0 Å². The SMILES string of the molecule is CC1=CC(c2ccccc2[N+](=O)[O-])C(P2(=O)OCC3(CCCCC3)CO2)=C(C)N1. The third-order valence-corrected chi connectivity index (χ3v) is 8.38. The molecule has 4 rings (SSSR count). The molecule has 0 radical (unpaired) electrons. The monoisotopic (exact) mass is 418 g/mol. The number of nitro benzene ring substituents is 1. The number of para-hydroxylation sites is 1. The van der Waals surface area contributed by atoms with Crippen LogP contribution in [0, 0.1) is 15.5 Å². The molecular weight excluding hydrogens is 391 g/mol.